The number of ketones is 4. The minimum atomic E-state index is -2.01. The second-order valence-corrected chi connectivity index (χ2v) is 14.6. The van der Waals surface area contributed by atoms with Gasteiger partial charge in [0, 0.05) is 37.0 Å². The fraction of sp³-hybridized carbons (Fsp3) is 0.719. The molecule has 0 aromatic heterocycles. The maximum absolute atomic E-state index is 14.3. The lowest BCUT2D eigenvalue weighted by atomic mass is 9.38. The molecule has 0 amide bonds. The number of Topliss-reactive ketones (excluding diaryl/α,β-unsaturated/α-hetero) is 3. The van der Waals surface area contributed by atoms with Gasteiger partial charge < -0.3 is 14.9 Å². The van der Waals surface area contributed by atoms with Crippen LogP contribution in [0.4, 0.5) is 0 Å². The summed E-state index contributed by atoms with van der Waals surface area (Å²) in [5.74, 6) is -3.72. The highest BCUT2D eigenvalue weighted by Crippen LogP contribution is 2.73. The summed E-state index contributed by atoms with van der Waals surface area (Å²) in [5, 5.41) is 23.2. The third-order valence-corrected chi connectivity index (χ3v) is 11.4. The zero-order valence-corrected chi connectivity index (χ0v) is 25.2. The van der Waals surface area contributed by atoms with Crippen LogP contribution >= 0.6 is 0 Å². The van der Waals surface area contributed by atoms with E-state index >= 15 is 0 Å². The zero-order chi connectivity index (χ0) is 30.4. The van der Waals surface area contributed by atoms with Gasteiger partial charge in [0.05, 0.1) is 11.5 Å². The number of hydrogen-bond donors (Lipinski definition) is 2. The van der Waals surface area contributed by atoms with Gasteiger partial charge in [0.15, 0.2) is 11.6 Å². The van der Waals surface area contributed by atoms with Gasteiger partial charge in [-0.05, 0) is 76.4 Å². The lowest BCUT2D eigenvalue weighted by molar-refractivity contribution is -0.182. The summed E-state index contributed by atoms with van der Waals surface area (Å²) in [6.45, 7) is 15.2. The fourth-order valence-electron chi connectivity index (χ4n) is 9.22. The van der Waals surface area contributed by atoms with Crippen molar-refractivity contribution in [3.8, 4) is 0 Å². The van der Waals surface area contributed by atoms with Crippen molar-refractivity contribution in [3.05, 3.63) is 23.8 Å². The molecule has 40 heavy (non-hydrogen) atoms. The average Bonchev–Trinajstić information content (AvgIpc) is 3.01. The van der Waals surface area contributed by atoms with Gasteiger partial charge in [0.1, 0.15) is 17.0 Å². The number of allylic oxidation sites excluding steroid dienone is 2. The fourth-order valence-corrected chi connectivity index (χ4v) is 9.22. The van der Waals surface area contributed by atoms with Gasteiger partial charge in [-0.3, -0.25) is 24.0 Å². The Morgan fingerprint density at radius 2 is 1.65 bits per heavy atom. The van der Waals surface area contributed by atoms with Gasteiger partial charge in [-0.25, -0.2) is 0 Å². The Labute approximate surface area is 236 Å². The maximum atomic E-state index is 14.3. The molecule has 3 fully saturated rings. The monoisotopic (exact) mass is 556 g/mol. The molecule has 3 unspecified atom stereocenters. The molecule has 0 aromatic rings. The highest BCUT2D eigenvalue weighted by atomic mass is 16.6. The molecular weight excluding hydrogens is 512 g/mol. The van der Waals surface area contributed by atoms with Crippen LogP contribution in [0.1, 0.15) is 88.0 Å². The van der Waals surface area contributed by atoms with Gasteiger partial charge in [0.25, 0.3) is 0 Å². The Morgan fingerprint density at radius 1 is 1.05 bits per heavy atom. The van der Waals surface area contributed by atoms with Crippen LogP contribution in [0.15, 0.2) is 23.8 Å². The van der Waals surface area contributed by atoms with E-state index in [9.17, 15) is 34.2 Å². The second kappa shape index (κ2) is 9.02. The van der Waals surface area contributed by atoms with Crippen LogP contribution < -0.4 is 0 Å². The molecule has 4 aliphatic carbocycles. The number of aliphatic hydroxyl groups excluding tert-OH is 1. The first-order valence-electron chi connectivity index (χ1n) is 14.2. The molecule has 0 heterocycles. The number of aliphatic hydroxyl groups is 2. The normalized spacial score (nSPS) is 40.6. The van der Waals surface area contributed by atoms with Crippen molar-refractivity contribution in [2.75, 3.05) is 0 Å². The van der Waals surface area contributed by atoms with E-state index in [1.807, 2.05) is 26.8 Å². The molecule has 0 saturated heterocycles. The van der Waals surface area contributed by atoms with Crippen molar-refractivity contribution < 1.29 is 38.9 Å². The Bertz CT molecular complexity index is 1250. The molecule has 8 heteroatoms. The second-order valence-electron chi connectivity index (χ2n) is 14.6. The molecule has 4 rings (SSSR count). The number of fused-ring (bicyclic) bond motifs is 5. The molecule has 2 N–H and O–H groups in total. The van der Waals surface area contributed by atoms with E-state index in [2.05, 4.69) is 0 Å². The smallest absolute Gasteiger partial charge is 0.303 e. The summed E-state index contributed by atoms with van der Waals surface area (Å²) in [6.07, 6.45) is 4.35. The van der Waals surface area contributed by atoms with Crippen LogP contribution in [0.3, 0.4) is 0 Å². The number of hydrogen-bond acceptors (Lipinski definition) is 8. The molecule has 0 aromatic carbocycles. The summed E-state index contributed by atoms with van der Waals surface area (Å²) in [7, 11) is 0. The van der Waals surface area contributed by atoms with Gasteiger partial charge in [0.2, 0.25) is 5.78 Å². The van der Waals surface area contributed by atoms with E-state index in [0.717, 1.165) is 5.57 Å². The van der Waals surface area contributed by atoms with Crippen molar-refractivity contribution in [2.24, 2.45) is 39.4 Å². The Balaban J connectivity index is 1.75. The number of carbonyl (C=O) groups excluding carboxylic acids is 5. The van der Waals surface area contributed by atoms with E-state index in [-0.39, 0.29) is 31.0 Å². The van der Waals surface area contributed by atoms with Crippen LogP contribution in [0.5, 0.6) is 0 Å². The van der Waals surface area contributed by atoms with Crippen molar-refractivity contribution in [1.82, 2.24) is 0 Å². The summed E-state index contributed by atoms with van der Waals surface area (Å²) in [4.78, 5) is 64.7. The van der Waals surface area contributed by atoms with E-state index in [0.29, 0.717) is 6.42 Å². The van der Waals surface area contributed by atoms with Crippen molar-refractivity contribution >= 4 is 29.1 Å². The minimum absolute atomic E-state index is 0.00920. The SMILES string of the molecule is CC(=O)OC(C)(C)C=CC(=O)[C@](C)(O)C1[C@H](O)C[C@@]2(C)C3CC=C4C(CC(=O)C(=O)C4(C)C)[C@]3(C)C(=O)C[C@]12C. The van der Waals surface area contributed by atoms with E-state index in [1.165, 1.54) is 26.0 Å². The lowest BCUT2D eigenvalue weighted by Gasteiger charge is -2.64. The Morgan fingerprint density at radius 3 is 2.23 bits per heavy atom. The van der Waals surface area contributed by atoms with Crippen molar-refractivity contribution in [3.63, 3.8) is 0 Å². The molecule has 0 bridgehead atoms. The molecular formula is C32H44O8. The van der Waals surface area contributed by atoms with Crippen LogP contribution in [-0.2, 0) is 28.7 Å². The van der Waals surface area contributed by atoms with Gasteiger partial charge in [-0.15, -0.1) is 0 Å². The van der Waals surface area contributed by atoms with Crippen LogP contribution in [-0.4, -0.2) is 56.6 Å². The quantitative estimate of drug-likeness (QED) is 0.227. The van der Waals surface area contributed by atoms with Crippen LogP contribution in [0, 0.1) is 39.4 Å². The molecule has 0 radical (unpaired) electrons. The molecule has 0 spiro atoms. The average molecular weight is 557 g/mol. The zero-order valence-electron chi connectivity index (χ0n) is 25.2. The maximum Gasteiger partial charge on any atom is 0.303 e. The Hall–Kier alpha value is -2.45. The number of rotatable bonds is 5. The van der Waals surface area contributed by atoms with E-state index < -0.39 is 74.1 Å². The summed E-state index contributed by atoms with van der Waals surface area (Å²) in [6, 6.07) is 0. The first-order chi connectivity index (χ1) is 18.1. The molecule has 4 aliphatic rings. The summed E-state index contributed by atoms with van der Waals surface area (Å²) < 4.78 is 5.22. The third kappa shape index (κ3) is 4.04. The third-order valence-electron chi connectivity index (χ3n) is 11.4. The molecule has 8 nitrogen and oxygen atoms in total. The predicted octanol–water partition coefficient (Wildman–Crippen LogP) is 3.71. The summed E-state index contributed by atoms with van der Waals surface area (Å²) in [5.41, 5.74) is -5.73. The topological polar surface area (TPSA) is 135 Å². The first kappa shape index (κ1) is 30.5. The molecule has 0 aliphatic heterocycles. The van der Waals surface area contributed by atoms with E-state index in [1.54, 1.807) is 27.7 Å². The van der Waals surface area contributed by atoms with E-state index in [4.69, 9.17) is 4.74 Å². The van der Waals surface area contributed by atoms with Crippen molar-refractivity contribution in [1.29, 1.82) is 0 Å². The van der Waals surface area contributed by atoms with Gasteiger partial charge >= 0.3 is 5.97 Å². The van der Waals surface area contributed by atoms with Crippen molar-refractivity contribution in [2.45, 2.75) is 105 Å². The van der Waals surface area contributed by atoms with Gasteiger partial charge in [-0.1, -0.05) is 32.4 Å². The minimum Gasteiger partial charge on any atom is -0.456 e. The van der Waals surface area contributed by atoms with Gasteiger partial charge in [-0.2, -0.15) is 0 Å². The molecule has 220 valence electrons. The standard InChI is InChI=1S/C32H44O8/c1-17(33)40-27(2,3)13-12-23(36)32(9,39)25-21(35)15-29(6)22-11-10-18-19(14-20(34)26(38)28(18,4)5)31(22,8)24(37)16-30(25,29)7/h10,12-13,19,21-22,25,35,39H,11,14-16H2,1-9H3/t19?,21-,22?,25?,29+,30-,31+,32+/m1/s1. The number of ether oxygens (including phenoxy) is 1. The molecule has 3 saturated carbocycles. The first-order valence-corrected chi connectivity index (χ1v) is 14.2. The predicted molar refractivity (Wildman–Crippen MR) is 147 cm³/mol. The largest absolute Gasteiger partial charge is 0.456 e. The Kier molecular flexibility index (Phi) is 6.88. The lowest BCUT2D eigenvalue weighted by Crippen LogP contribution is -2.65. The van der Waals surface area contributed by atoms with Crippen LogP contribution in [0.2, 0.25) is 0 Å². The highest BCUT2D eigenvalue weighted by Gasteiger charge is 2.74. The molecule has 8 atom stereocenters. The number of esters is 1. The highest BCUT2D eigenvalue weighted by molar-refractivity contribution is 6.40. The number of carbonyl (C=O) groups is 5. The summed E-state index contributed by atoms with van der Waals surface area (Å²) >= 11 is 0. The van der Waals surface area contributed by atoms with Crippen LogP contribution in [0.25, 0.3) is 0 Å².